The highest BCUT2D eigenvalue weighted by atomic mass is 28.3. The molecule has 1 heteroatoms. The molecule has 0 fully saturated rings. The van der Waals surface area contributed by atoms with Crippen LogP contribution in [0.4, 0.5) is 0 Å². The first-order valence-electron chi connectivity index (χ1n) is 7.30. The predicted molar refractivity (Wildman–Crippen MR) is 77.6 cm³/mol. The van der Waals surface area contributed by atoms with E-state index in [0.29, 0.717) is 0 Å². The zero-order chi connectivity index (χ0) is 11.9. The molecule has 0 unspecified atom stereocenters. The standard InChI is InChI=1S/C15H30Si/c1-16(2,3)15-13-11-9-7-5-4-6-8-10-12-14-15/h13H,4-12,14H2,1-3H3. The van der Waals surface area contributed by atoms with Gasteiger partial charge in [0.1, 0.15) is 0 Å². The monoisotopic (exact) mass is 238 g/mol. The van der Waals surface area contributed by atoms with Gasteiger partial charge in [-0.25, -0.2) is 0 Å². The maximum Gasteiger partial charge on any atom is 0.0720 e. The molecule has 0 bridgehead atoms. The number of allylic oxidation sites excluding steroid dienone is 2. The fraction of sp³-hybridized carbons (Fsp3) is 0.867. The highest BCUT2D eigenvalue weighted by Gasteiger charge is 2.18. The maximum atomic E-state index is 2.60. The third-order valence-electron chi connectivity index (χ3n) is 3.75. The molecule has 1 rings (SSSR count). The van der Waals surface area contributed by atoms with Gasteiger partial charge in [0.05, 0.1) is 8.07 Å². The molecule has 0 aromatic heterocycles. The average Bonchev–Trinajstić information content (AvgIpc) is 2.16. The van der Waals surface area contributed by atoms with Crippen molar-refractivity contribution in [1.29, 1.82) is 0 Å². The summed E-state index contributed by atoms with van der Waals surface area (Å²) in [4.78, 5) is 0. The first kappa shape index (κ1) is 14.0. The smallest absolute Gasteiger partial charge is 0.0720 e. The van der Waals surface area contributed by atoms with E-state index in [4.69, 9.17) is 0 Å². The normalized spacial score (nSPS) is 21.8. The molecule has 1 aliphatic carbocycles. The summed E-state index contributed by atoms with van der Waals surface area (Å²) in [5, 5.41) is 1.84. The Bertz CT molecular complexity index is 210. The van der Waals surface area contributed by atoms with Crippen LogP contribution in [0.15, 0.2) is 11.3 Å². The van der Waals surface area contributed by atoms with Crippen molar-refractivity contribution in [1.82, 2.24) is 0 Å². The van der Waals surface area contributed by atoms with Gasteiger partial charge in [-0.05, 0) is 25.7 Å². The van der Waals surface area contributed by atoms with Crippen molar-refractivity contribution in [3.63, 3.8) is 0 Å². The van der Waals surface area contributed by atoms with Gasteiger partial charge in [0.25, 0.3) is 0 Å². The Kier molecular flexibility index (Phi) is 6.41. The topological polar surface area (TPSA) is 0 Å². The van der Waals surface area contributed by atoms with Crippen molar-refractivity contribution in [3.05, 3.63) is 11.3 Å². The molecule has 0 spiro atoms. The van der Waals surface area contributed by atoms with E-state index in [1.165, 1.54) is 64.2 Å². The van der Waals surface area contributed by atoms with Gasteiger partial charge >= 0.3 is 0 Å². The summed E-state index contributed by atoms with van der Waals surface area (Å²) in [5.74, 6) is 0. The summed E-state index contributed by atoms with van der Waals surface area (Å²) in [6, 6.07) is 0. The molecule has 94 valence electrons. The lowest BCUT2D eigenvalue weighted by atomic mass is 10.0. The molecule has 0 aromatic carbocycles. The summed E-state index contributed by atoms with van der Waals surface area (Å²) in [5.41, 5.74) is 0. The molecule has 1 aliphatic rings. The molecular weight excluding hydrogens is 208 g/mol. The van der Waals surface area contributed by atoms with Crippen molar-refractivity contribution in [2.45, 2.75) is 83.8 Å². The fourth-order valence-electron chi connectivity index (χ4n) is 2.58. The Morgan fingerprint density at radius 1 is 0.750 bits per heavy atom. The number of hydrogen-bond donors (Lipinski definition) is 0. The van der Waals surface area contributed by atoms with E-state index in [0.717, 1.165) is 0 Å². The lowest BCUT2D eigenvalue weighted by molar-refractivity contribution is 0.565. The molecule has 0 saturated carbocycles. The van der Waals surface area contributed by atoms with Crippen LogP contribution in [0.1, 0.15) is 64.2 Å². The van der Waals surface area contributed by atoms with Crippen molar-refractivity contribution >= 4 is 8.07 Å². The van der Waals surface area contributed by atoms with E-state index < -0.39 is 8.07 Å². The Hall–Kier alpha value is -0.0431. The van der Waals surface area contributed by atoms with Gasteiger partial charge in [0.15, 0.2) is 0 Å². The summed E-state index contributed by atoms with van der Waals surface area (Å²) < 4.78 is 0. The van der Waals surface area contributed by atoms with E-state index in [2.05, 4.69) is 25.7 Å². The van der Waals surface area contributed by atoms with E-state index in [1.807, 2.05) is 5.20 Å². The van der Waals surface area contributed by atoms with Crippen LogP contribution in [0, 0.1) is 0 Å². The summed E-state index contributed by atoms with van der Waals surface area (Å²) in [7, 11) is -1.02. The second-order valence-electron chi connectivity index (χ2n) is 6.35. The fourth-order valence-corrected chi connectivity index (χ4v) is 4.26. The van der Waals surface area contributed by atoms with Crippen LogP contribution in [-0.2, 0) is 0 Å². The molecule has 0 saturated heterocycles. The Morgan fingerprint density at radius 2 is 1.25 bits per heavy atom. The quantitative estimate of drug-likeness (QED) is 0.514. The molecule has 0 aliphatic heterocycles. The molecule has 0 atom stereocenters. The van der Waals surface area contributed by atoms with E-state index in [-0.39, 0.29) is 0 Å². The van der Waals surface area contributed by atoms with Gasteiger partial charge in [-0.3, -0.25) is 0 Å². The SMILES string of the molecule is C[Si](C)(C)C1=CCCCCCCCCCC1. The van der Waals surface area contributed by atoms with Crippen LogP contribution < -0.4 is 0 Å². The second kappa shape index (κ2) is 7.32. The highest BCUT2D eigenvalue weighted by Crippen LogP contribution is 2.23. The third kappa shape index (κ3) is 5.88. The molecule has 0 N–H and O–H groups in total. The van der Waals surface area contributed by atoms with Crippen molar-refractivity contribution in [2.75, 3.05) is 0 Å². The minimum absolute atomic E-state index is 1.02. The van der Waals surface area contributed by atoms with Crippen LogP contribution in [0.3, 0.4) is 0 Å². The molecule has 16 heavy (non-hydrogen) atoms. The summed E-state index contributed by atoms with van der Waals surface area (Å²) in [6.45, 7) is 7.51. The number of rotatable bonds is 1. The van der Waals surface area contributed by atoms with Crippen molar-refractivity contribution in [3.8, 4) is 0 Å². The molecule has 0 heterocycles. The maximum absolute atomic E-state index is 2.60. The van der Waals surface area contributed by atoms with Crippen molar-refractivity contribution in [2.24, 2.45) is 0 Å². The van der Waals surface area contributed by atoms with Crippen LogP contribution >= 0.6 is 0 Å². The third-order valence-corrected chi connectivity index (χ3v) is 6.14. The van der Waals surface area contributed by atoms with Gasteiger partial charge in [0, 0.05) is 0 Å². The van der Waals surface area contributed by atoms with E-state index >= 15 is 0 Å². The molecule has 0 aromatic rings. The first-order chi connectivity index (χ1) is 7.61. The van der Waals surface area contributed by atoms with Crippen LogP contribution in [0.5, 0.6) is 0 Å². The van der Waals surface area contributed by atoms with Crippen LogP contribution in [-0.4, -0.2) is 8.07 Å². The van der Waals surface area contributed by atoms with Crippen LogP contribution in [0.2, 0.25) is 19.6 Å². The summed E-state index contributed by atoms with van der Waals surface area (Å²) >= 11 is 0. The lowest BCUT2D eigenvalue weighted by Crippen LogP contribution is -2.24. The number of hydrogen-bond acceptors (Lipinski definition) is 0. The molecule has 0 amide bonds. The minimum atomic E-state index is -1.02. The van der Waals surface area contributed by atoms with E-state index in [9.17, 15) is 0 Å². The summed E-state index contributed by atoms with van der Waals surface area (Å²) in [6.07, 6.45) is 17.0. The zero-order valence-corrected chi connectivity index (χ0v) is 12.6. The van der Waals surface area contributed by atoms with Gasteiger partial charge in [-0.2, -0.15) is 0 Å². The minimum Gasteiger partial charge on any atom is -0.0892 e. The Labute approximate surface area is 104 Å². The average molecular weight is 238 g/mol. The molecule has 0 nitrogen and oxygen atoms in total. The largest absolute Gasteiger partial charge is 0.0892 e. The van der Waals surface area contributed by atoms with Gasteiger partial charge in [-0.15, -0.1) is 0 Å². The van der Waals surface area contributed by atoms with Gasteiger partial charge < -0.3 is 0 Å². The van der Waals surface area contributed by atoms with E-state index in [1.54, 1.807) is 0 Å². The molecular formula is C15H30Si. The predicted octanol–water partition coefficient (Wildman–Crippen LogP) is 5.70. The molecule has 0 radical (unpaired) electrons. The second-order valence-corrected chi connectivity index (χ2v) is 11.5. The Balaban J connectivity index is 2.50. The Morgan fingerprint density at radius 3 is 1.81 bits per heavy atom. The highest BCUT2D eigenvalue weighted by molar-refractivity contribution is 6.83. The lowest BCUT2D eigenvalue weighted by Gasteiger charge is -2.21. The van der Waals surface area contributed by atoms with Gasteiger partial charge in [0.2, 0.25) is 0 Å². The van der Waals surface area contributed by atoms with Crippen molar-refractivity contribution < 1.29 is 0 Å². The van der Waals surface area contributed by atoms with Gasteiger partial charge in [-0.1, -0.05) is 69.4 Å². The van der Waals surface area contributed by atoms with Crippen LogP contribution in [0.25, 0.3) is 0 Å². The zero-order valence-electron chi connectivity index (χ0n) is 11.6. The first-order valence-corrected chi connectivity index (χ1v) is 10.8.